The number of imidazole rings is 1. The second-order valence-corrected chi connectivity index (χ2v) is 6.69. The van der Waals surface area contributed by atoms with Gasteiger partial charge >= 0.3 is 6.18 Å². The summed E-state index contributed by atoms with van der Waals surface area (Å²) in [6, 6.07) is 5.07. The van der Waals surface area contributed by atoms with Crippen molar-refractivity contribution in [2.45, 2.75) is 37.1 Å². The van der Waals surface area contributed by atoms with Crippen LogP contribution in [-0.2, 0) is 17.4 Å². The highest BCUT2D eigenvalue weighted by molar-refractivity contribution is 5.78. The molecule has 0 bridgehead atoms. The minimum Gasteiger partial charge on any atom is -0.374 e. The van der Waals surface area contributed by atoms with Crippen molar-refractivity contribution in [3.63, 3.8) is 0 Å². The van der Waals surface area contributed by atoms with Gasteiger partial charge in [0.1, 0.15) is 5.82 Å². The number of hydrogen-bond donors (Lipinski definition) is 1. The fourth-order valence-electron chi connectivity index (χ4n) is 3.49. The number of benzene rings is 1. The first-order valence-electron chi connectivity index (χ1n) is 8.45. The second kappa shape index (κ2) is 6.95. The van der Waals surface area contributed by atoms with Crippen LogP contribution in [0.4, 0.5) is 17.6 Å². The molecule has 9 heteroatoms. The summed E-state index contributed by atoms with van der Waals surface area (Å²) in [6.45, 7) is 0.273. The lowest BCUT2D eigenvalue weighted by atomic mass is 9.96. The zero-order valence-corrected chi connectivity index (χ0v) is 14.6. The molecule has 0 radical (unpaired) electrons. The van der Waals surface area contributed by atoms with Gasteiger partial charge in [0.15, 0.2) is 5.82 Å². The normalized spacial score (nSPS) is 19.9. The van der Waals surface area contributed by atoms with Crippen LogP contribution in [0.25, 0.3) is 0 Å². The fourth-order valence-corrected chi connectivity index (χ4v) is 3.49. The Balaban J connectivity index is 1.87. The van der Waals surface area contributed by atoms with E-state index < -0.39 is 41.8 Å². The first kappa shape index (κ1) is 19.3. The molecule has 2 atom stereocenters. The lowest BCUT2D eigenvalue weighted by Gasteiger charge is -2.32. The highest BCUT2D eigenvalue weighted by Gasteiger charge is 2.59. The van der Waals surface area contributed by atoms with E-state index in [1.165, 1.54) is 42.4 Å². The molecule has 1 aromatic heterocycles. The van der Waals surface area contributed by atoms with Gasteiger partial charge < -0.3 is 14.6 Å². The van der Waals surface area contributed by atoms with Crippen LogP contribution in [0.3, 0.4) is 0 Å². The molecular weight excluding hydrogens is 366 g/mol. The summed E-state index contributed by atoms with van der Waals surface area (Å²) in [4.78, 5) is 17.6. The Kier molecular flexibility index (Phi) is 4.98. The molecule has 5 nitrogen and oxygen atoms in total. The number of likely N-dealkylation sites (tertiary alicyclic amines) is 1. The van der Waals surface area contributed by atoms with E-state index in [4.69, 9.17) is 0 Å². The Hall–Kier alpha value is -2.42. The second-order valence-electron chi connectivity index (χ2n) is 6.69. The lowest BCUT2D eigenvalue weighted by molar-refractivity contribution is -0.272. The van der Waals surface area contributed by atoms with Crippen LogP contribution in [0.5, 0.6) is 0 Å². The van der Waals surface area contributed by atoms with Gasteiger partial charge in [-0.1, -0.05) is 12.1 Å². The third-order valence-corrected chi connectivity index (χ3v) is 4.90. The van der Waals surface area contributed by atoms with Gasteiger partial charge in [0.05, 0.1) is 12.5 Å². The minimum atomic E-state index is -5.08. The number of nitrogens with zero attached hydrogens (tertiary/aromatic N) is 3. The van der Waals surface area contributed by atoms with Crippen molar-refractivity contribution in [3.8, 4) is 0 Å². The number of carbonyl (C=O) groups is 1. The maximum Gasteiger partial charge on any atom is 0.425 e. The molecule has 1 saturated heterocycles. The number of amides is 1. The van der Waals surface area contributed by atoms with Gasteiger partial charge in [-0.2, -0.15) is 13.2 Å². The molecule has 1 aliphatic rings. The van der Waals surface area contributed by atoms with Crippen molar-refractivity contribution >= 4 is 5.91 Å². The maximum atomic E-state index is 13.6. The van der Waals surface area contributed by atoms with Crippen molar-refractivity contribution < 1.29 is 27.5 Å². The predicted octanol–water partition coefficient (Wildman–Crippen LogP) is 3.06. The van der Waals surface area contributed by atoms with Gasteiger partial charge in [-0.25, -0.2) is 9.37 Å². The fraction of sp³-hybridized carbons (Fsp3) is 0.444. The molecule has 1 aromatic carbocycles. The Labute approximate surface area is 153 Å². The Morgan fingerprint density at radius 3 is 2.52 bits per heavy atom. The van der Waals surface area contributed by atoms with Gasteiger partial charge in [-0.15, -0.1) is 0 Å². The Morgan fingerprint density at radius 2 is 1.96 bits per heavy atom. The largest absolute Gasteiger partial charge is 0.425 e. The maximum absolute atomic E-state index is 13.6. The van der Waals surface area contributed by atoms with Crippen LogP contribution in [0.15, 0.2) is 36.7 Å². The summed E-state index contributed by atoms with van der Waals surface area (Å²) in [5, 5.41) is 10.4. The van der Waals surface area contributed by atoms with Crippen LogP contribution in [-0.4, -0.2) is 38.2 Å². The summed E-state index contributed by atoms with van der Waals surface area (Å²) in [5.74, 6) is -1.90. The average Bonchev–Trinajstić information content (AvgIpc) is 3.23. The van der Waals surface area contributed by atoms with Crippen LogP contribution in [0.2, 0.25) is 0 Å². The van der Waals surface area contributed by atoms with E-state index in [-0.39, 0.29) is 6.54 Å². The topological polar surface area (TPSA) is 58.4 Å². The van der Waals surface area contributed by atoms with E-state index in [1.807, 2.05) is 0 Å². The van der Waals surface area contributed by atoms with Crippen LogP contribution < -0.4 is 0 Å². The number of alkyl halides is 3. The van der Waals surface area contributed by atoms with E-state index in [0.29, 0.717) is 18.4 Å². The van der Waals surface area contributed by atoms with Crippen molar-refractivity contribution in [1.82, 2.24) is 14.5 Å². The summed E-state index contributed by atoms with van der Waals surface area (Å²) in [7, 11) is 1.32. The summed E-state index contributed by atoms with van der Waals surface area (Å²) in [6.07, 6.45) is -2.67. The van der Waals surface area contributed by atoms with Crippen molar-refractivity contribution in [3.05, 3.63) is 53.9 Å². The molecule has 0 aliphatic carbocycles. The number of aromatic nitrogens is 2. The number of aliphatic hydroxyl groups is 1. The van der Waals surface area contributed by atoms with E-state index in [2.05, 4.69) is 4.98 Å². The quantitative estimate of drug-likeness (QED) is 0.823. The van der Waals surface area contributed by atoms with Crippen LogP contribution in [0, 0.1) is 5.82 Å². The first-order chi connectivity index (χ1) is 12.6. The summed E-state index contributed by atoms with van der Waals surface area (Å²) in [5.41, 5.74) is -2.74. The van der Waals surface area contributed by atoms with Gasteiger partial charge in [0.2, 0.25) is 11.5 Å². The first-order valence-corrected chi connectivity index (χ1v) is 8.45. The zero-order chi connectivity index (χ0) is 19.8. The summed E-state index contributed by atoms with van der Waals surface area (Å²) >= 11 is 0. The molecule has 0 spiro atoms. The smallest absolute Gasteiger partial charge is 0.374 e. The highest BCUT2D eigenvalue weighted by atomic mass is 19.4. The third kappa shape index (κ3) is 3.55. The highest BCUT2D eigenvalue weighted by Crippen LogP contribution is 2.42. The molecule has 27 heavy (non-hydrogen) atoms. The van der Waals surface area contributed by atoms with E-state index in [9.17, 15) is 27.5 Å². The van der Waals surface area contributed by atoms with E-state index >= 15 is 0 Å². The van der Waals surface area contributed by atoms with Crippen molar-refractivity contribution in [2.24, 2.45) is 7.05 Å². The molecule has 2 aromatic rings. The molecule has 3 rings (SSSR count). The number of hydrogen-bond acceptors (Lipinski definition) is 3. The number of rotatable bonds is 4. The van der Waals surface area contributed by atoms with Gasteiger partial charge in [0.25, 0.3) is 0 Å². The monoisotopic (exact) mass is 385 g/mol. The molecular formula is C18H19F4N3O2. The molecule has 2 unspecified atom stereocenters. The zero-order valence-electron chi connectivity index (χ0n) is 14.6. The van der Waals surface area contributed by atoms with Crippen molar-refractivity contribution in [2.75, 3.05) is 6.54 Å². The number of halogens is 4. The molecule has 1 N–H and O–H groups in total. The summed E-state index contributed by atoms with van der Waals surface area (Å²) < 4.78 is 55.1. The van der Waals surface area contributed by atoms with Gasteiger partial charge in [0, 0.05) is 26.0 Å². The molecule has 146 valence electrons. The Morgan fingerprint density at radius 1 is 1.30 bits per heavy atom. The third-order valence-electron chi connectivity index (χ3n) is 4.90. The van der Waals surface area contributed by atoms with Crippen LogP contribution in [0.1, 0.15) is 36.7 Å². The molecule has 2 heterocycles. The van der Waals surface area contributed by atoms with E-state index in [0.717, 1.165) is 10.8 Å². The van der Waals surface area contributed by atoms with Gasteiger partial charge in [-0.3, -0.25) is 4.79 Å². The lowest BCUT2D eigenvalue weighted by Crippen LogP contribution is -2.48. The van der Waals surface area contributed by atoms with Crippen LogP contribution >= 0.6 is 0 Å². The van der Waals surface area contributed by atoms with Gasteiger partial charge in [-0.05, 0) is 30.5 Å². The predicted molar refractivity (Wildman–Crippen MR) is 87.9 cm³/mol. The molecule has 1 aliphatic heterocycles. The molecule has 1 amide bonds. The number of carbonyl (C=O) groups excluding carboxylic acids is 1. The SMILES string of the molecule is Cn1ccnc1C(O)(CC(=O)N1CCCC1c1ccc(F)cc1)C(F)(F)F. The average molecular weight is 385 g/mol. The standard InChI is InChI=1S/C18H19F4N3O2/c1-24-10-8-23-16(24)17(27,18(20,21)22)11-15(26)25-9-2-3-14(25)12-4-6-13(19)7-5-12/h4-8,10,14,27H,2-3,9,11H2,1H3. The number of aryl methyl sites for hydroxylation is 1. The Bertz CT molecular complexity index is 819. The van der Waals surface area contributed by atoms with Crippen molar-refractivity contribution in [1.29, 1.82) is 0 Å². The molecule has 0 saturated carbocycles. The van der Waals surface area contributed by atoms with E-state index in [1.54, 1.807) is 0 Å². The molecule has 1 fully saturated rings. The minimum absolute atomic E-state index is 0.273.